The van der Waals surface area contributed by atoms with Gasteiger partial charge in [-0.05, 0) is 55.3 Å². The Bertz CT molecular complexity index is 805. The van der Waals surface area contributed by atoms with Gasteiger partial charge in [-0.3, -0.25) is 14.5 Å². The predicted octanol–water partition coefficient (Wildman–Crippen LogP) is 3.79. The fourth-order valence-corrected chi connectivity index (χ4v) is 3.12. The first-order valence-corrected chi connectivity index (χ1v) is 8.40. The van der Waals surface area contributed by atoms with Crippen molar-refractivity contribution in [3.05, 3.63) is 53.1 Å². The number of carbonyl (C=O) groups excluding carboxylic acids is 2. The minimum atomic E-state index is -0.542. The van der Waals surface area contributed by atoms with Crippen LogP contribution in [0.5, 0.6) is 5.75 Å². The number of rotatable bonds is 4. The van der Waals surface area contributed by atoms with Crippen LogP contribution in [-0.4, -0.2) is 25.0 Å². The maximum Gasteiger partial charge on any atom is 0.247 e. The summed E-state index contributed by atoms with van der Waals surface area (Å²) in [4.78, 5) is 26.6. The second kappa shape index (κ2) is 7.15. The van der Waals surface area contributed by atoms with Crippen LogP contribution < -0.4 is 15.0 Å². The van der Waals surface area contributed by atoms with Crippen LogP contribution in [0, 0.1) is 6.92 Å². The fraction of sp³-hybridized carbons (Fsp3) is 0.263. The summed E-state index contributed by atoms with van der Waals surface area (Å²) in [7, 11) is 1.58. The summed E-state index contributed by atoms with van der Waals surface area (Å²) < 4.78 is 5.14. The summed E-state index contributed by atoms with van der Waals surface area (Å²) in [6.45, 7) is 1.90. The molecular formula is C19H19ClN2O3. The molecule has 2 amide bonds. The van der Waals surface area contributed by atoms with E-state index >= 15 is 0 Å². The smallest absolute Gasteiger partial charge is 0.247 e. The molecule has 6 heteroatoms. The lowest BCUT2D eigenvalue weighted by molar-refractivity contribution is -0.120. The number of anilines is 2. The number of carbonyl (C=O) groups is 2. The molecule has 1 N–H and O–H groups in total. The molecule has 0 aliphatic carbocycles. The number of amides is 2. The van der Waals surface area contributed by atoms with Gasteiger partial charge in [-0.15, -0.1) is 0 Å². The Kier molecular flexibility index (Phi) is 4.95. The van der Waals surface area contributed by atoms with Crippen LogP contribution in [0.4, 0.5) is 11.4 Å². The maximum atomic E-state index is 12.8. The third kappa shape index (κ3) is 3.61. The summed E-state index contributed by atoms with van der Waals surface area (Å²) >= 11 is 6.01. The van der Waals surface area contributed by atoms with Crippen LogP contribution in [0.15, 0.2) is 42.5 Å². The van der Waals surface area contributed by atoms with Crippen LogP contribution in [0.25, 0.3) is 0 Å². The van der Waals surface area contributed by atoms with Gasteiger partial charge in [0.05, 0.1) is 7.11 Å². The first-order chi connectivity index (χ1) is 12.0. The largest absolute Gasteiger partial charge is 0.497 e. The second-order valence-corrected chi connectivity index (χ2v) is 6.40. The van der Waals surface area contributed by atoms with Gasteiger partial charge in [-0.25, -0.2) is 0 Å². The third-order valence-electron chi connectivity index (χ3n) is 4.32. The number of aryl methyl sites for hydroxylation is 1. The van der Waals surface area contributed by atoms with Gasteiger partial charge in [-0.1, -0.05) is 17.7 Å². The van der Waals surface area contributed by atoms with Crippen LogP contribution >= 0.6 is 11.6 Å². The number of hydrogen-bond acceptors (Lipinski definition) is 3. The normalized spacial score (nSPS) is 16.8. The molecule has 0 spiro atoms. The van der Waals surface area contributed by atoms with E-state index in [9.17, 15) is 9.59 Å². The molecule has 1 atom stereocenters. The van der Waals surface area contributed by atoms with Crippen molar-refractivity contribution in [1.82, 2.24) is 0 Å². The van der Waals surface area contributed by atoms with Crippen molar-refractivity contribution in [3.8, 4) is 5.75 Å². The molecule has 5 nitrogen and oxygen atoms in total. The lowest BCUT2D eigenvalue weighted by Gasteiger charge is -2.24. The second-order valence-electron chi connectivity index (χ2n) is 5.96. The van der Waals surface area contributed by atoms with E-state index in [1.807, 2.05) is 13.0 Å². The molecule has 1 fully saturated rings. The average molecular weight is 359 g/mol. The van der Waals surface area contributed by atoms with E-state index in [0.29, 0.717) is 35.0 Å². The molecule has 1 heterocycles. The summed E-state index contributed by atoms with van der Waals surface area (Å²) in [5.74, 6) is 0.422. The van der Waals surface area contributed by atoms with Crippen molar-refractivity contribution < 1.29 is 14.3 Å². The molecule has 3 rings (SSSR count). The van der Waals surface area contributed by atoms with Crippen molar-refractivity contribution >= 4 is 34.8 Å². The van der Waals surface area contributed by atoms with Gasteiger partial charge in [0.25, 0.3) is 0 Å². The zero-order valence-electron chi connectivity index (χ0n) is 14.1. The van der Waals surface area contributed by atoms with Crippen molar-refractivity contribution in [2.75, 3.05) is 17.3 Å². The van der Waals surface area contributed by atoms with Crippen LogP contribution in [-0.2, 0) is 9.59 Å². The first-order valence-electron chi connectivity index (χ1n) is 8.02. The van der Waals surface area contributed by atoms with E-state index < -0.39 is 6.04 Å². The standard InChI is InChI=1S/C19H19ClN2O3/c1-12-3-4-13(20)11-16(12)21-19(24)17-9-10-18(23)22(17)14-5-7-15(25-2)8-6-14/h3-8,11,17H,9-10H2,1-2H3,(H,21,24). The SMILES string of the molecule is COc1ccc(N2C(=O)CCC2C(=O)Nc2cc(Cl)ccc2C)cc1. The highest BCUT2D eigenvalue weighted by Gasteiger charge is 2.37. The summed E-state index contributed by atoms with van der Waals surface area (Å²) in [5, 5.41) is 3.45. The molecule has 0 saturated carbocycles. The van der Waals surface area contributed by atoms with Gasteiger partial charge in [0.15, 0.2) is 0 Å². The first kappa shape index (κ1) is 17.3. The zero-order valence-corrected chi connectivity index (χ0v) is 14.8. The average Bonchev–Trinajstić information content (AvgIpc) is 3.00. The van der Waals surface area contributed by atoms with Gasteiger partial charge >= 0.3 is 0 Å². The highest BCUT2D eigenvalue weighted by Crippen LogP contribution is 2.29. The Morgan fingerprint density at radius 3 is 2.64 bits per heavy atom. The number of hydrogen-bond donors (Lipinski definition) is 1. The van der Waals surface area contributed by atoms with E-state index in [4.69, 9.17) is 16.3 Å². The zero-order chi connectivity index (χ0) is 18.0. The highest BCUT2D eigenvalue weighted by atomic mass is 35.5. The van der Waals surface area contributed by atoms with Crippen molar-refractivity contribution in [2.24, 2.45) is 0 Å². The number of benzene rings is 2. The van der Waals surface area contributed by atoms with Gasteiger partial charge < -0.3 is 10.1 Å². The Hall–Kier alpha value is -2.53. The van der Waals surface area contributed by atoms with E-state index in [1.165, 1.54) is 0 Å². The number of halogens is 1. The Balaban J connectivity index is 1.82. The Morgan fingerprint density at radius 2 is 1.96 bits per heavy atom. The quantitative estimate of drug-likeness (QED) is 0.904. The molecule has 25 heavy (non-hydrogen) atoms. The summed E-state index contributed by atoms with van der Waals surface area (Å²) in [6.07, 6.45) is 0.828. The number of nitrogens with zero attached hydrogens (tertiary/aromatic N) is 1. The predicted molar refractivity (Wildman–Crippen MR) is 98.3 cm³/mol. The molecule has 2 aromatic carbocycles. The van der Waals surface area contributed by atoms with Gasteiger partial charge in [0, 0.05) is 22.8 Å². The Morgan fingerprint density at radius 1 is 1.24 bits per heavy atom. The molecule has 0 aromatic heterocycles. The highest BCUT2D eigenvalue weighted by molar-refractivity contribution is 6.31. The van der Waals surface area contributed by atoms with Crippen molar-refractivity contribution in [2.45, 2.75) is 25.8 Å². The number of nitrogens with one attached hydrogen (secondary N) is 1. The Labute approximate surface area is 151 Å². The minimum Gasteiger partial charge on any atom is -0.497 e. The molecular weight excluding hydrogens is 340 g/mol. The molecule has 1 aliphatic heterocycles. The van der Waals surface area contributed by atoms with Crippen LogP contribution in [0.3, 0.4) is 0 Å². The van der Waals surface area contributed by atoms with Crippen LogP contribution in [0.1, 0.15) is 18.4 Å². The molecule has 0 bridgehead atoms. The van der Waals surface area contributed by atoms with E-state index in [1.54, 1.807) is 48.4 Å². The number of ether oxygens (including phenoxy) is 1. The minimum absolute atomic E-state index is 0.0619. The van der Waals surface area contributed by atoms with Gasteiger partial charge in [0.2, 0.25) is 11.8 Å². The topological polar surface area (TPSA) is 58.6 Å². The van der Waals surface area contributed by atoms with Gasteiger partial charge in [0.1, 0.15) is 11.8 Å². The fourth-order valence-electron chi connectivity index (χ4n) is 2.94. The molecule has 130 valence electrons. The summed E-state index contributed by atoms with van der Waals surface area (Å²) in [6, 6.07) is 11.9. The van der Waals surface area contributed by atoms with E-state index in [-0.39, 0.29) is 11.8 Å². The lowest BCUT2D eigenvalue weighted by Crippen LogP contribution is -2.41. The summed E-state index contributed by atoms with van der Waals surface area (Å²) in [5.41, 5.74) is 2.26. The molecule has 1 aliphatic rings. The number of methoxy groups -OCH3 is 1. The van der Waals surface area contributed by atoms with Crippen molar-refractivity contribution in [3.63, 3.8) is 0 Å². The molecule has 2 aromatic rings. The molecule has 1 unspecified atom stereocenters. The molecule has 1 saturated heterocycles. The van der Waals surface area contributed by atoms with Crippen LogP contribution in [0.2, 0.25) is 5.02 Å². The van der Waals surface area contributed by atoms with E-state index in [0.717, 1.165) is 5.56 Å². The maximum absolute atomic E-state index is 12.8. The lowest BCUT2D eigenvalue weighted by atomic mass is 10.1. The van der Waals surface area contributed by atoms with Crippen molar-refractivity contribution in [1.29, 1.82) is 0 Å². The van der Waals surface area contributed by atoms with E-state index in [2.05, 4.69) is 5.32 Å². The molecule has 0 radical (unpaired) electrons. The third-order valence-corrected chi connectivity index (χ3v) is 4.56. The monoisotopic (exact) mass is 358 g/mol. The van der Waals surface area contributed by atoms with Gasteiger partial charge in [-0.2, -0.15) is 0 Å².